The van der Waals surface area contributed by atoms with E-state index in [2.05, 4.69) is 6.58 Å². The molecule has 4 heteroatoms. The number of ether oxygens (including phenoxy) is 1. The molecule has 1 heterocycles. The summed E-state index contributed by atoms with van der Waals surface area (Å²) in [5.74, 6) is 0.0880. The zero-order valence-electron chi connectivity index (χ0n) is 10.3. The van der Waals surface area contributed by atoms with Crippen LogP contribution in [-0.4, -0.2) is 40.9 Å². The zero-order chi connectivity index (χ0) is 12.3. The first-order chi connectivity index (χ1) is 7.33. The molecule has 0 aliphatic carbocycles. The smallest absolute Gasteiger partial charge is 0.410 e. The molecular weight excluding hydrogens is 206 g/mol. The van der Waals surface area contributed by atoms with Crippen LogP contribution in [0.4, 0.5) is 4.79 Å². The molecule has 2 atom stereocenters. The number of β-amino-alcohol motifs (C(OH)–C–C–N with tert-alkyl or cyclic N) is 1. The van der Waals surface area contributed by atoms with Gasteiger partial charge in [-0.1, -0.05) is 6.08 Å². The molecule has 1 saturated heterocycles. The van der Waals surface area contributed by atoms with E-state index in [0.717, 1.165) is 6.42 Å². The molecular formula is C12H21NO3. The third kappa shape index (κ3) is 3.52. The van der Waals surface area contributed by atoms with E-state index in [4.69, 9.17) is 4.74 Å². The van der Waals surface area contributed by atoms with E-state index < -0.39 is 11.7 Å². The fourth-order valence-electron chi connectivity index (χ4n) is 1.78. The van der Waals surface area contributed by atoms with Crippen LogP contribution in [0.25, 0.3) is 0 Å². The van der Waals surface area contributed by atoms with Crippen LogP contribution in [0, 0.1) is 5.92 Å². The second kappa shape index (κ2) is 4.87. The standard InChI is InChI=1S/C12H21NO3/c1-5-6-9-7-13(8-10(9)14)11(15)16-12(2,3)4/h5,9-10,14H,1,6-8H2,2-4H3/t9-,10+/m1/s1. The number of likely N-dealkylation sites (tertiary alicyclic amines) is 1. The number of carbonyl (C=O) groups excluding carboxylic acids is 1. The highest BCUT2D eigenvalue weighted by atomic mass is 16.6. The quantitative estimate of drug-likeness (QED) is 0.732. The molecule has 0 aromatic rings. The van der Waals surface area contributed by atoms with Gasteiger partial charge in [-0.05, 0) is 27.2 Å². The number of nitrogens with zero attached hydrogens (tertiary/aromatic N) is 1. The molecule has 16 heavy (non-hydrogen) atoms. The number of aliphatic hydroxyl groups is 1. The predicted octanol–water partition coefficient (Wildman–Crippen LogP) is 1.79. The first-order valence-corrected chi connectivity index (χ1v) is 5.60. The van der Waals surface area contributed by atoms with Gasteiger partial charge in [0.05, 0.1) is 12.6 Å². The predicted molar refractivity (Wildman–Crippen MR) is 62.1 cm³/mol. The molecule has 0 spiro atoms. The summed E-state index contributed by atoms with van der Waals surface area (Å²) in [6, 6.07) is 0. The summed E-state index contributed by atoms with van der Waals surface area (Å²) in [4.78, 5) is 13.3. The van der Waals surface area contributed by atoms with E-state index in [1.165, 1.54) is 0 Å². The normalized spacial score (nSPS) is 25.6. The average molecular weight is 227 g/mol. The lowest BCUT2D eigenvalue weighted by Crippen LogP contribution is -2.35. The number of aliphatic hydroxyl groups excluding tert-OH is 1. The Labute approximate surface area is 96.9 Å². The Morgan fingerprint density at radius 2 is 2.19 bits per heavy atom. The van der Waals surface area contributed by atoms with Gasteiger partial charge in [0.25, 0.3) is 0 Å². The van der Waals surface area contributed by atoms with Gasteiger partial charge in [0.2, 0.25) is 0 Å². The van der Waals surface area contributed by atoms with Crippen LogP contribution in [-0.2, 0) is 4.74 Å². The van der Waals surface area contributed by atoms with Gasteiger partial charge < -0.3 is 14.7 Å². The maximum atomic E-state index is 11.7. The number of carbonyl (C=O) groups is 1. The van der Waals surface area contributed by atoms with Crippen LogP contribution >= 0.6 is 0 Å². The molecule has 1 N–H and O–H groups in total. The van der Waals surface area contributed by atoms with Gasteiger partial charge in [0, 0.05) is 12.5 Å². The molecule has 1 rings (SSSR count). The zero-order valence-corrected chi connectivity index (χ0v) is 10.3. The van der Waals surface area contributed by atoms with E-state index >= 15 is 0 Å². The van der Waals surface area contributed by atoms with Crippen molar-refractivity contribution in [2.75, 3.05) is 13.1 Å². The number of amides is 1. The molecule has 1 fully saturated rings. The summed E-state index contributed by atoms with van der Waals surface area (Å²) in [6.45, 7) is 10.0. The highest BCUT2D eigenvalue weighted by molar-refractivity contribution is 5.68. The third-order valence-corrected chi connectivity index (χ3v) is 2.53. The van der Waals surface area contributed by atoms with Crippen LogP contribution in [0.15, 0.2) is 12.7 Å². The van der Waals surface area contributed by atoms with Crippen molar-refractivity contribution >= 4 is 6.09 Å². The monoisotopic (exact) mass is 227 g/mol. The van der Waals surface area contributed by atoms with Crippen molar-refractivity contribution in [3.8, 4) is 0 Å². The number of rotatable bonds is 2. The van der Waals surface area contributed by atoms with Crippen LogP contribution in [0.1, 0.15) is 27.2 Å². The molecule has 0 saturated carbocycles. The van der Waals surface area contributed by atoms with Crippen molar-refractivity contribution in [1.29, 1.82) is 0 Å². The summed E-state index contributed by atoms with van der Waals surface area (Å²) in [7, 11) is 0. The highest BCUT2D eigenvalue weighted by Crippen LogP contribution is 2.22. The average Bonchev–Trinajstić information content (AvgIpc) is 2.46. The lowest BCUT2D eigenvalue weighted by atomic mass is 10.0. The molecule has 0 aromatic heterocycles. The minimum atomic E-state index is -0.488. The molecule has 1 amide bonds. The molecule has 4 nitrogen and oxygen atoms in total. The lowest BCUT2D eigenvalue weighted by Gasteiger charge is -2.24. The summed E-state index contributed by atoms with van der Waals surface area (Å²) in [5, 5.41) is 9.74. The summed E-state index contributed by atoms with van der Waals surface area (Å²) in [6.07, 6.45) is 1.68. The largest absolute Gasteiger partial charge is 0.444 e. The van der Waals surface area contributed by atoms with Gasteiger partial charge in [0.1, 0.15) is 5.60 Å². The van der Waals surface area contributed by atoms with E-state index in [1.54, 1.807) is 11.0 Å². The Morgan fingerprint density at radius 1 is 1.56 bits per heavy atom. The molecule has 0 aromatic carbocycles. The Kier molecular flexibility index (Phi) is 3.97. The van der Waals surface area contributed by atoms with Crippen LogP contribution in [0.5, 0.6) is 0 Å². The lowest BCUT2D eigenvalue weighted by molar-refractivity contribution is 0.0270. The SMILES string of the molecule is C=CC[C@@H]1CN(C(=O)OC(C)(C)C)C[C@@H]1O. The van der Waals surface area contributed by atoms with E-state index in [-0.39, 0.29) is 12.0 Å². The molecule has 0 bridgehead atoms. The van der Waals surface area contributed by atoms with Crippen LogP contribution in [0.3, 0.4) is 0 Å². The van der Waals surface area contributed by atoms with E-state index in [0.29, 0.717) is 13.1 Å². The molecule has 1 aliphatic rings. The van der Waals surface area contributed by atoms with E-state index in [9.17, 15) is 9.90 Å². The Balaban J connectivity index is 2.51. The minimum absolute atomic E-state index is 0.0880. The molecule has 1 aliphatic heterocycles. The summed E-state index contributed by atoms with van der Waals surface area (Å²) >= 11 is 0. The van der Waals surface area contributed by atoms with Crippen LogP contribution < -0.4 is 0 Å². The molecule has 0 radical (unpaired) electrons. The van der Waals surface area contributed by atoms with Crippen molar-refractivity contribution in [3.05, 3.63) is 12.7 Å². The van der Waals surface area contributed by atoms with Crippen molar-refractivity contribution in [1.82, 2.24) is 4.90 Å². The van der Waals surface area contributed by atoms with Gasteiger partial charge in [-0.25, -0.2) is 4.79 Å². The third-order valence-electron chi connectivity index (χ3n) is 2.53. The second-order valence-electron chi connectivity index (χ2n) is 5.24. The van der Waals surface area contributed by atoms with Crippen LogP contribution in [0.2, 0.25) is 0 Å². The van der Waals surface area contributed by atoms with Crippen molar-refractivity contribution in [3.63, 3.8) is 0 Å². The maximum Gasteiger partial charge on any atom is 0.410 e. The van der Waals surface area contributed by atoms with Crippen molar-refractivity contribution in [2.24, 2.45) is 5.92 Å². The van der Waals surface area contributed by atoms with Crippen molar-refractivity contribution in [2.45, 2.75) is 38.9 Å². The van der Waals surface area contributed by atoms with Gasteiger partial charge in [-0.15, -0.1) is 6.58 Å². The van der Waals surface area contributed by atoms with Crippen molar-refractivity contribution < 1.29 is 14.6 Å². The van der Waals surface area contributed by atoms with E-state index in [1.807, 2.05) is 20.8 Å². The Bertz CT molecular complexity index is 270. The molecule has 92 valence electrons. The topological polar surface area (TPSA) is 49.8 Å². The second-order valence-corrected chi connectivity index (χ2v) is 5.24. The minimum Gasteiger partial charge on any atom is -0.444 e. The van der Waals surface area contributed by atoms with Gasteiger partial charge in [0.15, 0.2) is 0 Å². The highest BCUT2D eigenvalue weighted by Gasteiger charge is 2.35. The first kappa shape index (κ1) is 13.0. The first-order valence-electron chi connectivity index (χ1n) is 5.60. The number of hydrogen-bond acceptors (Lipinski definition) is 3. The van der Waals surface area contributed by atoms with Gasteiger partial charge in [-0.3, -0.25) is 0 Å². The Morgan fingerprint density at radius 3 is 2.69 bits per heavy atom. The number of allylic oxidation sites excluding steroid dienone is 1. The van der Waals surface area contributed by atoms with Gasteiger partial charge in [-0.2, -0.15) is 0 Å². The Hall–Kier alpha value is -1.03. The maximum absolute atomic E-state index is 11.7. The summed E-state index contributed by atoms with van der Waals surface area (Å²) in [5.41, 5.74) is -0.488. The fourth-order valence-corrected chi connectivity index (χ4v) is 1.78. The van der Waals surface area contributed by atoms with Gasteiger partial charge >= 0.3 is 6.09 Å². The summed E-state index contributed by atoms with van der Waals surface area (Å²) < 4.78 is 5.25. The fraction of sp³-hybridized carbons (Fsp3) is 0.750. The molecule has 0 unspecified atom stereocenters. The number of hydrogen-bond donors (Lipinski definition) is 1.